The molecule has 40 heavy (non-hydrogen) atoms. The van der Waals surface area contributed by atoms with E-state index in [2.05, 4.69) is 20.9 Å². The lowest BCUT2D eigenvalue weighted by Crippen LogP contribution is -2.31. The van der Waals surface area contributed by atoms with Gasteiger partial charge in [-0.2, -0.15) is 9.97 Å². The third kappa shape index (κ3) is 6.09. The quantitative estimate of drug-likeness (QED) is 0.215. The van der Waals surface area contributed by atoms with E-state index in [1.54, 1.807) is 24.3 Å². The topological polar surface area (TPSA) is 166 Å². The Hall–Kier alpha value is -4.38. The molecule has 1 fully saturated rings. The Bertz CT molecular complexity index is 1340. The fourth-order valence-electron chi connectivity index (χ4n) is 5.17. The van der Waals surface area contributed by atoms with E-state index in [1.807, 2.05) is 32.2 Å². The summed E-state index contributed by atoms with van der Waals surface area (Å²) in [5, 5.41) is 9.95. The van der Waals surface area contributed by atoms with Crippen LogP contribution in [-0.4, -0.2) is 58.4 Å². The van der Waals surface area contributed by atoms with Crippen molar-refractivity contribution in [3.63, 3.8) is 0 Å². The van der Waals surface area contributed by atoms with Crippen molar-refractivity contribution < 1.29 is 19.8 Å². The van der Waals surface area contributed by atoms with Gasteiger partial charge in [0.25, 0.3) is 11.8 Å². The number of carbonyl (C=O) groups excluding carboxylic acids is 2. The number of carbonyl (C=O) groups is 2. The minimum Gasteiger partial charge on any atom is -0.494 e. The molecule has 0 spiro atoms. The number of anilines is 5. The van der Waals surface area contributed by atoms with Gasteiger partial charge in [0, 0.05) is 25.3 Å². The maximum atomic E-state index is 12.5. The highest BCUT2D eigenvalue weighted by atomic mass is 16.5. The molecular formula is C29H37N7O4. The Balaban J connectivity index is 0.00000370. The number of rotatable bonds is 10. The Kier molecular flexibility index (Phi) is 9.05. The van der Waals surface area contributed by atoms with Gasteiger partial charge in [0.15, 0.2) is 11.6 Å². The fourth-order valence-corrected chi connectivity index (χ4v) is 5.17. The van der Waals surface area contributed by atoms with E-state index in [9.17, 15) is 9.59 Å². The van der Waals surface area contributed by atoms with Crippen LogP contribution < -0.4 is 26.4 Å². The molecular weight excluding hydrogens is 510 g/mol. The number of nitrogen functional groups attached to an aromatic ring is 1. The van der Waals surface area contributed by atoms with Gasteiger partial charge in [-0.15, -0.1) is 0 Å². The molecule has 0 unspecified atom stereocenters. The number of nitrogens with one attached hydrogen (secondary N) is 3. The molecule has 11 heteroatoms. The van der Waals surface area contributed by atoms with Crippen LogP contribution in [0.15, 0.2) is 42.5 Å². The summed E-state index contributed by atoms with van der Waals surface area (Å²) >= 11 is 0. The van der Waals surface area contributed by atoms with E-state index in [0.717, 1.165) is 24.1 Å². The predicted molar refractivity (Wildman–Crippen MR) is 156 cm³/mol. The number of aromatic nitrogens is 2. The number of aryl methyl sites for hydroxylation is 1. The maximum absolute atomic E-state index is 12.5. The van der Waals surface area contributed by atoms with Crippen molar-refractivity contribution in [3.05, 3.63) is 59.2 Å². The molecule has 0 radical (unpaired) electrons. The highest BCUT2D eigenvalue weighted by molar-refractivity contribution is 6.21. The van der Waals surface area contributed by atoms with Crippen LogP contribution in [0.4, 0.5) is 29.0 Å². The van der Waals surface area contributed by atoms with Gasteiger partial charge >= 0.3 is 0 Å². The van der Waals surface area contributed by atoms with Crippen LogP contribution in [0.3, 0.4) is 0 Å². The second-order valence-electron chi connectivity index (χ2n) is 10.00. The first-order valence-electron chi connectivity index (χ1n) is 13.5. The van der Waals surface area contributed by atoms with Crippen molar-refractivity contribution in [2.24, 2.45) is 0 Å². The Morgan fingerprint density at radius 1 is 1.02 bits per heavy atom. The van der Waals surface area contributed by atoms with Gasteiger partial charge < -0.3 is 31.9 Å². The SMILES string of the molecule is CNc1c(N)nc(Nc2ccc(OCCCN3C(=O)c4ccccc4C3=O)cc2C)nc1NC1CCCCC1.O. The fraction of sp³-hybridized carbons (Fsp3) is 0.379. The predicted octanol–water partition coefficient (Wildman–Crippen LogP) is 4.14. The van der Waals surface area contributed by atoms with E-state index in [-0.39, 0.29) is 17.3 Å². The molecule has 1 saturated carbocycles. The monoisotopic (exact) mass is 547 g/mol. The summed E-state index contributed by atoms with van der Waals surface area (Å²) in [4.78, 5) is 35.5. The van der Waals surface area contributed by atoms with Crippen LogP contribution in [0.5, 0.6) is 5.75 Å². The second kappa shape index (κ2) is 12.6. The van der Waals surface area contributed by atoms with Gasteiger partial charge in [-0.05, 0) is 62.1 Å². The number of amides is 2. The third-order valence-electron chi connectivity index (χ3n) is 7.25. The summed E-state index contributed by atoms with van der Waals surface area (Å²) in [5.74, 6) is 1.71. The van der Waals surface area contributed by atoms with E-state index < -0.39 is 0 Å². The van der Waals surface area contributed by atoms with Gasteiger partial charge in [-0.3, -0.25) is 14.5 Å². The number of nitrogens with zero attached hydrogens (tertiary/aromatic N) is 3. The first-order chi connectivity index (χ1) is 18.9. The molecule has 2 heterocycles. The number of benzene rings is 2. The molecule has 1 aliphatic carbocycles. The van der Waals surface area contributed by atoms with Crippen LogP contribution in [-0.2, 0) is 0 Å². The van der Waals surface area contributed by atoms with Crippen molar-refractivity contribution in [1.82, 2.24) is 14.9 Å². The molecule has 0 bridgehead atoms. The standard InChI is InChI=1S/C29H35N7O3.H2O/c1-18-17-20(39-16-8-15-36-27(37)21-11-6-7-12-22(21)28(36)38)13-14-23(18)33-29-34-25(30)24(31-2)26(35-29)32-19-9-4-3-5-10-19;/h6-7,11-14,17,19,31H,3-5,8-10,15-16H2,1-2H3,(H4,30,32,33,34,35);1H2. The number of hydrogen-bond acceptors (Lipinski definition) is 9. The molecule has 2 aliphatic rings. The zero-order chi connectivity index (χ0) is 27.4. The molecule has 5 rings (SSSR count). The number of hydrogen-bond donors (Lipinski definition) is 4. The van der Waals surface area contributed by atoms with Crippen LogP contribution >= 0.6 is 0 Å². The largest absolute Gasteiger partial charge is 0.494 e. The zero-order valence-electron chi connectivity index (χ0n) is 22.9. The van der Waals surface area contributed by atoms with Crippen molar-refractivity contribution in [1.29, 1.82) is 0 Å². The number of fused-ring (bicyclic) bond motifs is 1. The van der Waals surface area contributed by atoms with E-state index in [4.69, 9.17) is 15.5 Å². The van der Waals surface area contributed by atoms with Gasteiger partial charge in [0.05, 0.1) is 17.7 Å². The summed E-state index contributed by atoms with van der Waals surface area (Å²) < 4.78 is 5.91. The van der Waals surface area contributed by atoms with Crippen molar-refractivity contribution >= 4 is 40.8 Å². The molecule has 3 aromatic rings. The lowest BCUT2D eigenvalue weighted by molar-refractivity contribution is 0.0646. The first kappa shape index (κ1) is 28.6. The maximum Gasteiger partial charge on any atom is 0.261 e. The number of ether oxygens (including phenoxy) is 1. The molecule has 1 aromatic heterocycles. The summed E-state index contributed by atoms with van der Waals surface area (Å²) in [6.07, 6.45) is 6.49. The van der Waals surface area contributed by atoms with Crippen molar-refractivity contribution in [3.8, 4) is 5.75 Å². The third-order valence-corrected chi connectivity index (χ3v) is 7.25. The Morgan fingerprint density at radius 3 is 2.38 bits per heavy atom. The van der Waals surface area contributed by atoms with Crippen LogP contribution in [0.2, 0.25) is 0 Å². The molecule has 212 valence electrons. The lowest BCUT2D eigenvalue weighted by Gasteiger charge is -2.25. The van der Waals surface area contributed by atoms with Gasteiger partial charge in [-0.25, -0.2) is 0 Å². The number of imide groups is 1. The average Bonchev–Trinajstić information content (AvgIpc) is 3.18. The number of nitrogens with two attached hydrogens (primary N) is 1. The summed E-state index contributed by atoms with van der Waals surface area (Å²) in [6, 6.07) is 13.0. The van der Waals surface area contributed by atoms with Crippen LogP contribution in [0, 0.1) is 6.92 Å². The molecule has 2 aromatic carbocycles. The van der Waals surface area contributed by atoms with Crippen molar-refractivity contribution in [2.75, 3.05) is 41.9 Å². The lowest BCUT2D eigenvalue weighted by atomic mass is 9.95. The first-order valence-corrected chi connectivity index (χ1v) is 13.5. The smallest absolute Gasteiger partial charge is 0.261 e. The normalized spacial score (nSPS) is 14.9. The average molecular weight is 548 g/mol. The molecule has 7 N–H and O–H groups in total. The summed E-state index contributed by atoms with van der Waals surface area (Å²) in [5.41, 5.74) is 9.67. The highest BCUT2D eigenvalue weighted by Gasteiger charge is 2.34. The van der Waals surface area contributed by atoms with Crippen LogP contribution in [0.25, 0.3) is 0 Å². The minimum atomic E-state index is -0.246. The summed E-state index contributed by atoms with van der Waals surface area (Å²) in [7, 11) is 1.82. The van der Waals surface area contributed by atoms with Gasteiger partial charge in [0.2, 0.25) is 5.95 Å². The van der Waals surface area contributed by atoms with Gasteiger partial charge in [-0.1, -0.05) is 31.4 Å². The second-order valence-corrected chi connectivity index (χ2v) is 10.00. The Labute approximate surface area is 233 Å². The van der Waals surface area contributed by atoms with Crippen molar-refractivity contribution in [2.45, 2.75) is 51.5 Å². The van der Waals surface area contributed by atoms with Crippen LogP contribution in [0.1, 0.15) is 64.8 Å². The van der Waals surface area contributed by atoms with E-state index in [1.165, 1.54) is 24.2 Å². The van der Waals surface area contributed by atoms with E-state index in [0.29, 0.717) is 65.8 Å². The zero-order valence-corrected chi connectivity index (χ0v) is 22.9. The molecule has 0 saturated heterocycles. The van der Waals surface area contributed by atoms with Gasteiger partial charge in [0.1, 0.15) is 11.4 Å². The van der Waals surface area contributed by atoms with E-state index >= 15 is 0 Å². The summed E-state index contributed by atoms with van der Waals surface area (Å²) in [6.45, 7) is 2.66. The molecule has 11 nitrogen and oxygen atoms in total. The Morgan fingerprint density at radius 2 is 1.73 bits per heavy atom. The minimum absolute atomic E-state index is 0. The molecule has 1 aliphatic heterocycles. The highest BCUT2D eigenvalue weighted by Crippen LogP contribution is 2.31. The molecule has 0 atom stereocenters. The molecule has 2 amide bonds.